The summed E-state index contributed by atoms with van der Waals surface area (Å²) in [5.41, 5.74) is 0.214. The van der Waals surface area contributed by atoms with Crippen LogP contribution in [-0.4, -0.2) is 18.3 Å². The summed E-state index contributed by atoms with van der Waals surface area (Å²) in [6, 6.07) is 4.65. The Bertz CT molecular complexity index is 279. The van der Waals surface area contributed by atoms with Crippen LogP contribution in [0.5, 0.6) is 0 Å². The van der Waals surface area contributed by atoms with Crippen molar-refractivity contribution in [1.82, 2.24) is 5.32 Å². The van der Waals surface area contributed by atoms with E-state index in [0.717, 1.165) is 6.54 Å². The van der Waals surface area contributed by atoms with Gasteiger partial charge in [-0.25, -0.2) is 0 Å². The van der Waals surface area contributed by atoms with Gasteiger partial charge in [-0.15, -0.1) is 11.3 Å². The summed E-state index contributed by atoms with van der Waals surface area (Å²) in [5.74, 6) is 0. The summed E-state index contributed by atoms with van der Waals surface area (Å²) in [4.78, 5) is 1.37. The van der Waals surface area contributed by atoms with Crippen LogP contribution in [0.2, 0.25) is 0 Å². The second-order valence-electron chi connectivity index (χ2n) is 4.28. The fourth-order valence-corrected chi connectivity index (χ4v) is 2.33. The fourth-order valence-electron chi connectivity index (χ4n) is 1.58. The van der Waals surface area contributed by atoms with Crippen LogP contribution >= 0.6 is 11.3 Å². The van der Waals surface area contributed by atoms with Crippen LogP contribution in [0.1, 0.15) is 30.7 Å². The van der Waals surface area contributed by atoms with E-state index in [1.54, 1.807) is 11.3 Å². The SMILES string of the molecule is CC(NCC1(CO)CC1)c1cccs1. The fraction of sp³-hybridized carbons (Fsp3) is 0.636. The lowest BCUT2D eigenvalue weighted by Gasteiger charge is -2.17. The van der Waals surface area contributed by atoms with Gasteiger partial charge in [0.05, 0.1) is 0 Å². The van der Waals surface area contributed by atoms with Crippen molar-refractivity contribution in [1.29, 1.82) is 0 Å². The molecule has 1 aliphatic rings. The third-order valence-electron chi connectivity index (χ3n) is 3.05. The highest BCUT2D eigenvalue weighted by Crippen LogP contribution is 2.44. The van der Waals surface area contributed by atoms with Crippen LogP contribution in [0.3, 0.4) is 0 Å². The topological polar surface area (TPSA) is 32.3 Å². The second-order valence-corrected chi connectivity index (χ2v) is 5.26. The standard InChI is InChI=1S/C11H17NOS/c1-9(10-3-2-6-14-10)12-7-11(8-13)4-5-11/h2-3,6,9,12-13H,4-5,7-8H2,1H3. The quantitative estimate of drug-likeness (QED) is 0.782. The van der Waals surface area contributed by atoms with Gasteiger partial charge in [0.1, 0.15) is 0 Å². The lowest BCUT2D eigenvalue weighted by atomic mass is 10.1. The van der Waals surface area contributed by atoms with Crippen molar-refractivity contribution in [2.24, 2.45) is 5.41 Å². The van der Waals surface area contributed by atoms with Gasteiger partial charge < -0.3 is 10.4 Å². The molecule has 2 nitrogen and oxygen atoms in total. The molecule has 1 atom stereocenters. The highest BCUT2D eigenvalue weighted by atomic mass is 32.1. The normalized spacial score (nSPS) is 20.7. The minimum Gasteiger partial charge on any atom is -0.396 e. The van der Waals surface area contributed by atoms with Gasteiger partial charge in [-0.2, -0.15) is 0 Å². The minimum atomic E-state index is 0.214. The molecule has 0 amide bonds. The molecule has 0 radical (unpaired) electrons. The molecule has 1 saturated carbocycles. The molecular weight excluding hydrogens is 194 g/mol. The molecule has 2 N–H and O–H groups in total. The average molecular weight is 211 g/mol. The Hall–Kier alpha value is -0.380. The van der Waals surface area contributed by atoms with Crippen molar-refractivity contribution in [2.45, 2.75) is 25.8 Å². The molecule has 0 aromatic carbocycles. The second kappa shape index (κ2) is 4.01. The van der Waals surface area contributed by atoms with Crippen LogP contribution in [0.25, 0.3) is 0 Å². The lowest BCUT2D eigenvalue weighted by molar-refractivity contribution is 0.205. The molecule has 2 rings (SSSR count). The highest BCUT2D eigenvalue weighted by Gasteiger charge is 2.41. The van der Waals surface area contributed by atoms with Gasteiger partial charge in [-0.05, 0) is 31.2 Å². The number of aliphatic hydroxyl groups is 1. The minimum absolute atomic E-state index is 0.214. The first-order chi connectivity index (χ1) is 6.76. The molecule has 14 heavy (non-hydrogen) atoms. The zero-order valence-corrected chi connectivity index (χ0v) is 9.31. The van der Waals surface area contributed by atoms with E-state index in [2.05, 4.69) is 29.8 Å². The number of thiophene rings is 1. The van der Waals surface area contributed by atoms with Crippen molar-refractivity contribution in [2.75, 3.05) is 13.2 Å². The van der Waals surface area contributed by atoms with E-state index in [-0.39, 0.29) is 5.41 Å². The third-order valence-corrected chi connectivity index (χ3v) is 4.10. The molecule has 1 fully saturated rings. The third kappa shape index (κ3) is 2.16. The lowest BCUT2D eigenvalue weighted by Crippen LogP contribution is -2.28. The molecular formula is C11H17NOS. The Morgan fingerprint density at radius 1 is 1.64 bits per heavy atom. The molecule has 0 saturated heterocycles. The van der Waals surface area contributed by atoms with Crippen LogP contribution in [-0.2, 0) is 0 Å². The van der Waals surface area contributed by atoms with E-state index >= 15 is 0 Å². The van der Waals surface area contributed by atoms with Gasteiger partial charge >= 0.3 is 0 Å². The maximum atomic E-state index is 9.16. The monoisotopic (exact) mass is 211 g/mol. The molecule has 78 valence electrons. The van der Waals surface area contributed by atoms with Gasteiger partial charge in [0.15, 0.2) is 0 Å². The summed E-state index contributed by atoms with van der Waals surface area (Å²) in [7, 11) is 0. The van der Waals surface area contributed by atoms with Crippen LogP contribution in [0.4, 0.5) is 0 Å². The first-order valence-electron chi connectivity index (χ1n) is 5.13. The predicted octanol–water partition coefficient (Wildman–Crippen LogP) is 2.17. The summed E-state index contributed by atoms with van der Waals surface area (Å²) >= 11 is 1.78. The summed E-state index contributed by atoms with van der Waals surface area (Å²) in [6.07, 6.45) is 2.35. The number of hydrogen-bond donors (Lipinski definition) is 2. The number of nitrogens with one attached hydrogen (secondary N) is 1. The highest BCUT2D eigenvalue weighted by molar-refractivity contribution is 7.10. The van der Waals surface area contributed by atoms with Crippen molar-refractivity contribution in [3.05, 3.63) is 22.4 Å². The smallest absolute Gasteiger partial charge is 0.0499 e. The zero-order valence-electron chi connectivity index (χ0n) is 8.49. The Labute approximate surface area is 89.0 Å². The first-order valence-corrected chi connectivity index (χ1v) is 6.01. The maximum Gasteiger partial charge on any atom is 0.0499 e. The van der Waals surface area contributed by atoms with Crippen LogP contribution < -0.4 is 5.32 Å². The number of rotatable bonds is 5. The molecule has 0 bridgehead atoms. The van der Waals surface area contributed by atoms with Crippen molar-refractivity contribution < 1.29 is 5.11 Å². The van der Waals surface area contributed by atoms with E-state index in [1.165, 1.54) is 17.7 Å². The summed E-state index contributed by atoms with van der Waals surface area (Å²) in [6.45, 7) is 3.46. The Kier molecular flexibility index (Phi) is 2.91. The zero-order chi connectivity index (χ0) is 10.0. The van der Waals surface area contributed by atoms with E-state index in [9.17, 15) is 0 Å². The Morgan fingerprint density at radius 3 is 2.93 bits per heavy atom. The molecule has 0 spiro atoms. The molecule has 1 unspecified atom stereocenters. The Morgan fingerprint density at radius 2 is 2.43 bits per heavy atom. The molecule has 1 heterocycles. The molecule has 1 aromatic rings. The van der Waals surface area contributed by atoms with E-state index < -0.39 is 0 Å². The maximum absolute atomic E-state index is 9.16. The van der Waals surface area contributed by atoms with Gasteiger partial charge in [0.2, 0.25) is 0 Å². The Balaban J connectivity index is 1.81. The molecule has 1 aliphatic carbocycles. The van der Waals surface area contributed by atoms with E-state index in [4.69, 9.17) is 5.11 Å². The van der Waals surface area contributed by atoms with E-state index in [1.807, 2.05) is 0 Å². The average Bonchev–Trinajstić information content (AvgIpc) is 2.78. The van der Waals surface area contributed by atoms with Crippen molar-refractivity contribution >= 4 is 11.3 Å². The van der Waals surface area contributed by atoms with Crippen molar-refractivity contribution in [3.63, 3.8) is 0 Å². The van der Waals surface area contributed by atoms with Gasteiger partial charge in [0, 0.05) is 29.5 Å². The molecule has 0 aliphatic heterocycles. The first kappa shape index (κ1) is 10.1. The molecule has 1 aromatic heterocycles. The van der Waals surface area contributed by atoms with Gasteiger partial charge in [-0.3, -0.25) is 0 Å². The summed E-state index contributed by atoms with van der Waals surface area (Å²) < 4.78 is 0. The number of hydrogen-bond acceptors (Lipinski definition) is 3. The molecule has 3 heteroatoms. The van der Waals surface area contributed by atoms with Gasteiger partial charge in [-0.1, -0.05) is 6.07 Å². The number of aliphatic hydroxyl groups excluding tert-OH is 1. The predicted molar refractivity (Wildman–Crippen MR) is 59.5 cm³/mol. The van der Waals surface area contributed by atoms with Crippen molar-refractivity contribution in [3.8, 4) is 0 Å². The van der Waals surface area contributed by atoms with Crippen LogP contribution in [0.15, 0.2) is 17.5 Å². The van der Waals surface area contributed by atoms with Gasteiger partial charge in [0.25, 0.3) is 0 Å². The summed E-state index contributed by atoms with van der Waals surface area (Å²) in [5, 5.41) is 14.8. The van der Waals surface area contributed by atoms with E-state index in [0.29, 0.717) is 12.6 Å². The van der Waals surface area contributed by atoms with Crippen LogP contribution in [0, 0.1) is 5.41 Å². The largest absolute Gasteiger partial charge is 0.396 e.